The highest BCUT2D eigenvalue weighted by Crippen LogP contribution is 2.34. The van der Waals surface area contributed by atoms with Gasteiger partial charge >= 0.3 is 0 Å². The topological polar surface area (TPSA) is 62.8 Å². The maximum absolute atomic E-state index is 5.45. The van der Waals surface area contributed by atoms with Crippen molar-refractivity contribution in [2.24, 2.45) is 0 Å². The molecule has 0 unspecified atom stereocenters. The quantitative estimate of drug-likeness (QED) is 0.715. The lowest BCUT2D eigenvalue weighted by atomic mass is 9.99. The van der Waals surface area contributed by atoms with Crippen molar-refractivity contribution in [2.45, 2.75) is 19.4 Å². The van der Waals surface area contributed by atoms with Crippen molar-refractivity contribution in [1.29, 1.82) is 0 Å². The van der Waals surface area contributed by atoms with Crippen molar-refractivity contribution < 1.29 is 9.47 Å². The van der Waals surface area contributed by atoms with E-state index in [1.807, 2.05) is 6.07 Å². The van der Waals surface area contributed by atoms with Crippen LogP contribution in [0.2, 0.25) is 0 Å². The van der Waals surface area contributed by atoms with Gasteiger partial charge in [-0.05, 0) is 56.7 Å². The second-order valence-electron chi connectivity index (χ2n) is 6.99. The van der Waals surface area contributed by atoms with Crippen LogP contribution in [-0.4, -0.2) is 62.8 Å². The zero-order valence-corrected chi connectivity index (χ0v) is 16.7. The standard InChI is InChI=1S/C20H29N5O2/c1-24(2)8-5-7-21-19-12-20(23-14-22-19)25-9-6-15-10-17(26-3)18(27-4)11-16(15)13-25/h10-12,14H,5-9,13H2,1-4H3,(H,21,22,23). The second-order valence-corrected chi connectivity index (χ2v) is 6.99. The average molecular weight is 371 g/mol. The molecule has 1 aliphatic rings. The van der Waals surface area contributed by atoms with Gasteiger partial charge in [-0.3, -0.25) is 0 Å². The molecule has 1 N–H and O–H groups in total. The number of fused-ring (bicyclic) bond motifs is 1. The molecule has 0 aliphatic carbocycles. The van der Waals surface area contributed by atoms with Crippen molar-refractivity contribution in [3.8, 4) is 11.5 Å². The first kappa shape index (κ1) is 19.2. The summed E-state index contributed by atoms with van der Waals surface area (Å²) in [6.07, 6.45) is 3.66. The van der Waals surface area contributed by atoms with Crippen LogP contribution in [0.25, 0.3) is 0 Å². The number of aromatic nitrogens is 2. The molecular formula is C20H29N5O2. The molecule has 0 saturated heterocycles. The van der Waals surface area contributed by atoms with Crippen LogP contribution < -0.4 is 19.7 Å². The predicted octanol–water partition coefficient (Wildman–Crippen LogP) is 2.42. The fraction of sp³-hybridized carbons (Fsp3) is 0.500. The van der Waals surface area contributed by atoms with Crippen molar-refractivity contribution >= 4 is 11.6 Å². The Hall–Kier alpha value is -2.54. The Morgan fingerprint density at radius 1 is 1.07 bits per heavy atom. The van der Waals surface area contributed by atoms with Gasteiger partial charge in [0.25, 0.3) is 0 Å². The van der Waals surface area contributed by atoms with Crippen molar-refractivity contribution in [3.05, 3.63) is 35.7 Å². The number of nitrogens with one attached hydrogen (secondary N) is 1. The van der Waals surface area contributed by atoms with Crippen LogP contribution >= 0.6 is 0 Å². The summed E-state index contributed by atoms with van der Waals surface area (Å²) in [5.41, 5.74) is 2.55. The number of ether oxygens (including phenoxy) is 2. The Labute approximate surface area is 161 Å². The van der Waals surface area contributed by atoms with Crippen LogP contribution in [0.15, 0.2) is 24.5 Å². The molecule has 0 amide bonds. The van der Waals surface area contributed by atoms with Crippen LogP contribution in [0, 0.1) is 0 Å². The van der Waals surface area contributed by atoms with Crippen molar-refractivity contribution in [1.82, 2.24) is 14.9 Å². The lowest BCUT2D eigenvalue weighted by Gasteiger charge is -2.30. The molecule has 27 heavy (non-hydrogen) atoms. The lowest BCUT2D eigenvalue weighted by molar-refractivity contribution is 0.353. The van der Waals surface area contributed by atoms with E-state index < -0.39 is 0 Å². The minimum Gasteiger partial charge on any atom is -0.493 e. The predicted molar refractivity (Wildman–Crippen MR) is 108 cm³/mol. The first-order chi connectivity index (χ1) is 13.1. The molecule has 7 heteroatoms. The van der Waals surface area contributed by atoms with Gasteiger partial charge in [-0.15, -0.1) is 0 Å². The summed E-state index contributed by atoms with van der Waals surface area (Å²) in [4.78, 5) is 13.3. The molecule has 1 aliphatic heterocycles. The van der Waals surface area contributed by atoms with E-state index in [0.717, 1.165) is 62.2 Å². The zero-order valence-electron chi connectivity index (χ0n) is 16.7. The van der Waals surface area contributed by atoms with E-state index in [4.69, 9.17) is 9.47 Å². The number of rotatable bonds is 8. The third kappa shape index (κ3) is 4.80. The zero-order chi connectivity index (χ0) is 19.2. The molecule has 0 atom stereocenters. The molecule has 0 fully saturated rings. The summed E-state index contributed by atoms with van der Waals surface area (Å²) in [6, 6.07) is 6.19. The molecule has 146 valence electrons. The van der Waals surface area contributed by atoms with Crippen molar-refractivity contribution in [3.63, 3.8) is 0 Å². The van der Waals surface area contributed by atoms with E-state index in [0.29, 0.717) is 0 Å². The normalized spacial score (nSPS) is 13.4. The van der Waals surface area contributed by atoms with Gasteiger partial charge in [-0.2, -0.15) is 0 Å². The summed E-state index contributed by atoms with van der Waals surface area (Å²) in [6.45, 7) is 3.67. The highest BCUT2D eigenvalue weighted by Gasteiger charge is 2.20. The average Bonchev–Trinajstić information content (AvgIpc) is 2.69. The van der Waals surface area contributed by atoms with E-state index in [1.54, 1.807) is 20.5 Å². The van der Waals surface area contributed by atoms with Crippen LogP contribution in [0.3, 0.4) is 0 Å². The van der Waals surface area contributed by atoms with E-state index in [1.165, 1.54) is 11.1 Å². The summed E-state index contributed by atoms with van der Waals surface area (Å²) in [5, 5.41) is 3.39. The summed E-state index contributed by atoms with van der Waals surface area (Å²) >= 11 is 0. The third-order valence-electron chi connectivity index (χ3n) is 4.78. The summed E-state index contributed by atoms with van der Waals surface area (Å²) in [7, 11) is 7.51. The molecule has 2 heterocycles. The van der Waals surface area contributed by atoms with Gasteiger partial charge in [0, 0.05) is 25.7 Å². The van der Waals surface area contributed by atoms with Gasteiger partial charge in [0.1, 0.15) is 18.0 Å². The molecule has 0 radical (unpaired) electrons. The van der Waals surface area contributed by atoms with Gasteiger partial charge in [-0.1, -0.05) is 0 Å². The minimum absolute atomic E-state index is 0.768. The largest absolute Gasteiger partial charge is 0.493 e. The van der Waals surface area contributed by atoms with Crippen molar-refractivity contribution in [2.75, 3.05) is 58.2 Å². The highest BCUT2D eigenvalue weighted by molar-refractivity contribution is 5.54. The fourth-order valence-corrected chi connectivity index (χ4v) is 3.31. The Morgan fingerprint density at radius 3 is 2.52 bits per heavy atom. The van der Waals surface area contributed by atoms with Gasteiger partial charge < -0.3 is 24.6 Å². The van der Waals surface area contributed by atoms with Crippen LogP contribution in [0.4, 0.5) is 11.6 Å². The van der Waals surface area contributed by atoms with E-state index in [9.17, 15) is 0 Å². The van der Waals surface area contributed by atoms with Crippen LogP contribution in [0.1, 0.15) is 17.5 Å². The molecule has 7 nitrogen and oxygen atoms in total. The number of hydrogen-bond donors (Lipinski definition) is 1. The molecule has 1 aromatic carbocycles. The Morgan fingerprint density at radius 2 is 1.81 bits per heavy atom. The number of hydrogen-bond acceptors (Lipinski definition) is 7. The van der Waals surface area contributed by atoms with Gasteiger partial charge in [0.15, 0.2) is 11.5 Å². The highest BCUT2D eigenvalue weighted by atomic mass is 16.5. The summed E-state index contributed by atoms with van der Waals surface area (Å²) in [5.74, 6) is 3.37. The minimum atomic E-state index is 0.768. The summed E-state index contributed by atoms with van der Waals surface area (Å²) < 4.78 is 10.9. The van der Waals surface area contributed by atoms with Crippen LogP contribution in [-0.2, 0) is 13.0 Å². The third-order valence-corrected chi connectivity index (χ3v) is 4.78. The first-order valence-electron chi connectivity index (χ1n) is 9.30. The molecule has 1 aromatic heterocycles. The Balaban J connectivity index is 1.69. The monoisotopic (exact) mass is 371 g/mol. The van der Waals surface area contributed by atoms with Crippen LogP contribution in [0.5, 0.6) is 11.5 Å². The maximum atomic E-state index is 5.45. The molecule has 2 aromatic rings. The molecule has 3 rings (SSSR count). The number of anilines is 2. The van der Waals surface area contributed by atoms with E-state index in [2.05, 4.69) is 51.3 Å². The molecule has 0 bridgehead atoms. The Kier molecular flexibility index (Phi) is 6.34. The second kappa shape index (κ2) is 8.90. The van der Waals surface area contributed by atoms with Gasteiger partial charge in [0.2, 0.25) is 0 Å². The fourth-order valence-electron chi connectivity index (χ4n) is 3.31. The first-order valence-corrected chi connectivity index (χ1v) is 9.30. The molecular weight excluding hydrogens is 342 g/mol. The van der Waals surface area contributed by atoms with E-state index in [-0.39, 0.29) is 0 Å². The molecule has 0 saturated carbocycles. The lowest BCUT2D eigenvalue weighted by Crippen LogP contribution is -2.31. The SMILES string of the molecule is COc1cc2c(cc1OC)CN(c1cc(NCCCN(C)C)ncn1)CC2. The van der Waals surface area contributed by atoms with E-state index >= 15 is 0 Å². The maximum Gasteiger partial charge on any atom is 0.161 e. The number of benzene rings is 1. The van der Waals surface area contributed by atoms with Gasteiger partial charge in [-0.25, -0.2) is 9.97 Å². The Bertz CT molecular complexity index is 766. The smallest absolute Gasteiger partial charge is 0.161 e. The van der Waals surface area contributed by atoms with Gasteiger partial charge in [0.05, 0.1) is 14.2 Å². The number of nitrogens with zero attached hydrogens (tertiary/aromatic N) is 4. The molecule has 0 spiro atoms. The number of methoxy groups -OCH3 is 2.